The summed E-state index contributed by atoms with van der Waals surface area (Å²) in [5.41, 5.74) is 4.21. The molecule has 3 rings (SSSR count). The Bertz CT molecular complexity index is 1060. The molecule has 7 heteroatoms. The number of amides is 2. The van der Waals surface area contributed by atoms with Gasteiger partial charge in [0.05, 0.1) is 0 Å². The first-order valence-electron chi connectivity index (χ1n) is 10.3. The van der Waals surface area contributed by atoms with Crippen LogP contribution in [0, 0.1) is 18.7 Å². The van der Waals surface area contributed by atoms with Crippen LogP contribution in [0.25, 0.3) is 6.08 Å². The fraction of sp³-hybridized carbons (Fsp3) is 0.280. The molecule has 1 fully saturated rings. The Morgan fingerprint density at radius 1 is 1.31 bits per heavy atom. The standard InChI is InChI=1S/C25H27ClFN3O2/c1-16-5-8-22(13-19(16)7-6-17(2)29(3)4)30-10-9-23(25(30)32)24(31)28-15-18-11-20(26)14-21(27)12-18/h5-8,11-14,23H,2,9-10,15H2,1,3-4H3,(H,28,31)/b7-6+. The van der Waals surface area contributed by atoms with Crippen molar-refractivity contribution < 1.29 is 14.0 Å². The minimum absolute atomic E-state index is 0.106. The highest BCUT2D eigenvalue weighted by molar-refractivity contribution is 6.30. The molecule has 2 aromatic rings. The van der Waals surface area contributed by atoms with Crippen LogP contribution in [-0.4, -0.2) is 37.4 Å². The van der Waals surface area contributed by atoms with Crippen LogP contribution in [0.1, 0.15) is 23.1 Å². The number of anilines is 1. The largest absolute Gasteiger partial charge is 0.378 e. The van der Waals surface area contributed by atoms with Gasteiger partial charge in [-0.1, -0.05) is 30.3 Å². The number of hydrogen-bond acceptors (Lipinski definition) is 3. The second-order valence-corrected chi connectivity index (χ2v) is 8.52. The molecule has 1 unspecified atom stereocenters. The highest BCUT2D eigenvalue weighted by Gasteiger charge is 2.37. The third-order valence-electron chi connectivity index (χ3n) is 5.52. The Morgan fingerprint density at radius 3 is 2.75 bits per heavy atom. The Morgan fingerprint density at radius 2 is 2.06 bits per heavy atom. The van der Waals surface area contributed by atoms with E-state index < -0.39 is 11.7 Å². The van der Waals surface area contributed by atoms with Gasteiger partial charge < -0.3 is 15.1 Å². The number of allylic oxidation sites excluding steroid dienone is 1. The maximum absolute atomic E-state index is 13.5. The van der Waals surface area contributed by atoms with Gasteiger partial charge in [0.15, 0.2) is 0 Å². The molecule has 0 radical (unpaired) electrons. The maximum atomic E-state index is 13.5. The molecule has 0 spiro atoms. The SMILES string of the molecule is C=C(/C=C/c1cc(N2CCC(C(=O)NCc3cc(F)cc(Cl)c3)C2=O)ccc1C)N(C)C. The zero-order valence-corrected chi connectivity index (χ0v) is 19.2. The molecule has 32 heavy (non-hydrogen) atoms. The lowest BCUT2D eigenvalue weighted by Crippen LogP contribution is -2.36. The van der Waals surface area contributed by atoms with E-state index in [1.54, 1.807) is 11.0 Å². The van der Waals surface area contributed by atoms with E-state index in [2.05, 4.69) is 11.9 Å². The summed E-state index contributed by atoms with van der Waals surface area (Å²) < 4.78 is 13.5. The van der Waals surface area contributed by atoms with Crippen molar-refractivity contribution in [1.29, 1.82) is 0 Å². The third-order valence-corrected chi connectivity index (χ3v) is 5.73. The van der Waals surface area contributed by atoms with Crippen molar-refractivity contribution in [3.05, 3.63) is 82.3 Å². The molecular formula is C25H27ClFN3O2. The van der Waals surface area contributed by atoms with Crippen LogP contribution in [0.15, 0.2) is 54.8 Å². The van der Waals surface area contributed by atoms with E-state index in [1.165, 1.54) is 12.1 Å². The quantitative estimate of drug-likeness (QED) is 0.492. The number of rotatable bonds is 7. The second-order valence-electron chi connectivity index (χ2n) is 8.09. The number of benzene rings is 2. The maximum Gasteiger partial charge on any atom is 0.239 e. The molecule has 1 N–H and O–H groups in total. The molecule has 1 aliphatic rings. The minimum atomic E-state index is -0.771. The fourth-order valence-electron chi connectivity index (χ4n) is 3.52. The van der Waals surface area contributed by atoms with Crippen molar-refractivity contribution in [1.82, 2.24) is 10.2 Å². The normalized spacial score (nSPS) is 16.0. The van der Waals surface area contributed by atoms with Gasteiger partial charge in [-0.3, -0.25) is 9.59 Å². The molecule has 0 aliphatic carbocycles. The molecular weight excluding hydrogens is 429 g/mol. The summed E-state index contributed by atoms with van der Waals surface area (Å²) >= 11 is 5.86. The summed E-state index contributed by atoms with van der Waals surface area (Å²) in [4.78, 5) is 29.1. The molecule has 1 atom stereocenters. The van der Waals surface area contributed by atoms with Crippen molar-refractivity contribution in [3.8, 4) is 0 Å². The Kier molecular flexibility index (Phi) is 7.36. The van der Waals surface area contributed by atoms with Crippen LogP contribution in [0.5, 0.6) is 0 Å². The number of halogens is 2. The van der Waals surface area contributed by atoms with E-state index in [-0.39, 0.29) is 23.4 Å². The summed E-state index contributed by atoms with van der Waals surface area (Å²) in [7, 11) is 3.85. The number of hydrogen-bond donors (Lipinski definition) is 1. The first kappa shape index (κ1) is 23.5. The smallest absolute Gasteiger partial charge is 0.239 e. The van der Waals surface area contributed by atoms with Gasteiger partial charge in [0, 0.05) is 43.6 Å². The fourth-order valence-corrected chi connectivity index (χ4v) is 3.76. The number of carbonyl (C=O) groups is 2. The molecule has 2 aromatic carbocycles. The first-order chi connectivity index (χ1) is 15.2. The van der Waals surface area contributed by atoms with E-state index >= 15 is 0 Å². The topological polar surface area (TPSA) is 52.7 Å². The predicted octanol–water partition coefficient (Wildman–Crippen LogP) is 4.55. The summed E-state index contributed by atoms with van der Waals surface area (Å²) in [6.07, 6.45) is 4.31. The lowest BCUT2D eigenvalue weighted by atomic mass is 10.1. The van der Waals surface area contributed by atoms with Crippen LogP contribution in [0.2, 0.25) is 5.02 Å². The van der Waals surface area contributed by atoms with Crippen molar-refractivity contribution in [3.63, 3.8) is 0 Å². The predicted molar refractivity (Wildman–Crippen MR) is 127 cm³/mol. The summed E-state index contributed by atoms with van der Waals surface area (Å²) in [5, 5.41) is 2.98. The summed E-state index contributed by atoms with van der Waals surface area (Å²) in [6.45, 7) is 6.56. The molecule has 0 aromatic heterocycles. The highest BCUT2D eigenvalue weighted by atomic mass is 35.5. The van der Waals surface area contributed by atoms with Gasteiger partial charge in [-0.15, -0.1) is 0 Å². The molecule has 0 bridgehead atoms. The third kappa shape index (κ3) is 5.56. The zero-order chi connectivity index (χ0) is 23.4. The number of nitrogens with zero attached hydrogens (tertiary/aromatic N) is 2. The second kappa shape index (κ2) is 10.0. The van der Waals surface area contributed by atoms with Crippen LogP contribution in [0.4, 0.5) is 10.1 Å². The van der Waals surface area contributed by atoms with E-state index in [4.69, 9.17) is 11.6 Å². The van der Waals surface area contributed by atoms with Crippen LogP contribution >= 0.6 is 11.6 Å². The molecule has 5 nitrogen and oxygen atoms in total. The van der Waals surface area contributed by atoms with Gasteiger partial charge in [0.1, 0.15) is 11.7 Å². The van der Waals surface area contributed by atoms with Gasteiger partial charge >= 0.3 is 0 Å². The molecule has 1 heterocycles. The molecule has 0 saturated carbocycles. The monoisotopic (exact) mass is 455 g/mol. The Balaban J connectivity index is 1.68. The van der Waals surface area contributed by atoms with Crippen molar-refractivity contribution in [2.24, 2.45) is 5.92 Å². The number of nitrogens with one attached hydrogen (secondary N) is 1. The number of carbonyl (C=O) groups excluding carboxylic acids is 2. The highest BCUT2D eigenvalue weighted by Crippen LogP contribution is 2.28. The van der Waals surface area contributed by atoms with Gasteiger partial charge in [-0.25, -0.2) is 4.39 Å². The summed E-state index contributed by atoms with van der Waals surface area (Å²) in [5.74, 6) is -1.85. The van der Waals surface area contributed by atoms with E-state index in [0.29, 0.717) is 18.5 Å². The van der Waals surface area contributed by atoms with Gasteiger partial charge in [0.25, 0.3) is 0 Å². The lowest BCUT2D eigenvalue weighted by Gasteiger charge is -2.18. The average Bonchev–Trinajstić information content (AvgIpc) is 3.11. The van der Waals surface area contributed by atoms with E-state index in [0.717, 1.165) is 22.5 Å². The molecule has 1 aliphatic heterocycles. The average molecular weight is 456 g/mol. The lowest BCUT2D eigenvalue weighted by molar-refractivity contribution is -0.132. The first-order valence-corrected chi connectivity index (χ1v) is 10.7. The van der Waals surface area contributed by atoms with Crippen LogP contribution in [0.3, 0.4) is 0 Å². The van der Waals surface area contributed by atoms with E-state index in [9.17, 15) is 14.0 Å². The molecule has 168 valence electrons. The number of aryl methyl sites for hydroxylation is 1. The Labute approximate surface area is 193 Å². The van der Waals surface area contributed by atoms with Crippen molar-refractivity contribution >= 4 is 35.2 Å². The van der Waals surface area contributed by atoms with Crippen molar-refractivity contribution in [2.45, 2.75) is 19.9 Å². The van der Waals surface area contributed by atoms with Crippen molar-refractivity contribution in [2.75, 3.05) is 25.5 Å². The number of likely N-dealkylation sites (N-methyl/N-ethyl adjacent to an activating group) is 1. The zero-order valence-electron chi connectivity index (χ0n) is 18.5. The Hall–Kier alpha value is -3.12. The summed E-state index contributed by atoms with van der Waals surface area (Å²) in [6, 6.07) is 9.89. The van der Waals surface area contributed by atoms with Gasteiger partial charge in [-0.2, -0.15) is 0 Å². The van der Waals surface area contributed by atoms with E-state index in [1.807, 2.05) is 56.3 Å². The van der Waals surface area contributed by atoms with Gasteiger partial charge in [-0.05, 0) is 66.4 Å². The molecule has 2 amide bonds. The minimum Gasteiger partial charge on any atom is -0.378 e. The molecule has 1 saturated heterocycles. The van der Waals surface area contributed by atoms with Crippen LogP contribution < -0.4 is 10.2 Å². The van der Waals surface area contributed by atoms with Gasteiger partial charge in [0.2, 0.25) is 11.8 Å². The van der Waals surface area contributed by atoms with Crippen LogP contribution in [-0.2, 0) is 16.1 Å².